The first-order valence-corrected chi connectivity index (χ1v) is 8.90. The van der Waals surface area contributed by atoms with Crippen molar-refractivity contribution in [3.05, 3.63) is 89.7 Å². The fourth-order valence-electron chi connectivity index (χ4n) is 2.76. The Labute approximate surface area is 162 Å². The minimum absolute atomic E-state index is 0.102. The first-order chi connectivity index (χ1) is 13.6. The third-order valence-electron chi connectivity index (χ3n) is 4.18. The van der Waals surface area contributed by atoms with E-state index in [0.29, 0.717) is 12.8 Å². The zero-order chi connectivity index (χ0) is 19.8. The molecule has 1 aromatic heterocycles. The summed E-state index contributed by atoms with van der Waals surface area (Å²) >= 11 is 0. The monoisotopic (exact) mass is 382 g/mol. The Morgan fingerprint density at radius 1 is 0.893 bits per heavy atom. The first-order valence-electron chi connectivity index (χ1n) is 8.90. The van der Waals surface area contributed by atoms with Crippen molar-refractivity contribution in [3.8, 4) is 5.75 Å². The molecule has 0 aliphatic rings. The van der Waals surface area contributed by atoms with Crippen molar-refractivity contribution in [2.45, 2.75) is 25.9 Å². The summed E-state index contributed by atoms with van der Waals surface area (Å²) in [6.07, 6.45) is 5.16. The van der Waals surface area contributed by atoms with Gasteiger partial charge in [0.05, 0.1) is 0 Å². The summed E-state index contributed by atoms with van der Waals surface area (Å²) in [5.74, 6) is 0.00449. The molecule has 0 spiro atoms. The number of nitrogens with one attached hydrogen (secondary N) is 1. The number of halogens is 2. The van der Waals surface area contributed by atoms with Gasteiger partial charge in [0.2, 0.25) is 5.91 Å². The average molecular weight is 382 g/mol. The third-order valence-corrected chi connectivity index (χ3v) is 4.18. The largest absolute Gasteiger partial charge is 0.435 e. The van der Waals surface area contributed by atoms with Gasteiger partial charge in [0.25, 0.3) is 0 Å². The fourth-order valence-corrected chi connectivity index (χ4v) is 2.76. The predicted octanol–water partition coefficient (Wildman–Crippen LogP) is 4.85. The molecule has 1 heterocycles. The minimum atomic E-state index is -2.84. The SMILES string of the molecule is O=C(CCc1ccc(OC(F)F)cc1)Nc1ccc(Cc2ccncc2)cc1. The fraction of sp³-hybridized carbons (Fsp3) is 0.182. The molecule has 28 heavy (non-hydrogen) atoms. The molecule has 1 amide bonds. The molecule has 1 N–H and O–H groups in total. The van der Waals surface area contributed by atoms with Crippen LogP contribution >= 0.6 is 0 Å². The summed E-state index contributed by atoms with van der Waals surface area (Å²) in [5.41, 5.74) is 3.95. The molecule has 0 unspecified atom stereocenters. The number of anilines is 1. The maximum Gasteiger partial charge on any atom is 0.387 e. The summed E-state index contributed by atoms with van der Waals surface area (Å²) in [6.45, 7) is -2.84. The molecule has 0 aliphatic carbocycles. The van der Waals surface area contributed by atoms with E-state index in [-0.39, 0.29) is 11.7 Å². The van der Waals surface area contributed by atoms with Gasteiger partial charge in [-0.05, 0) is 65.9 Å². The van der Waals surface area contributed by atoms with Crippen molar-refractivity contribution in [1.82, 2.24) is 4.98 Å². The van der Waals surface area contributed by atoms with E-state index in [1.54, 1.807) is 24.5 Å². The number of benzene rings is 2. The number of aryl methyl sites for hydroxylation is 1. The van der Waals surface area contributed by atoms with E-state index >= 15 is 0 Å². The number of aromatic nitrogens is 1. The van der Waals surface area contributed by atoms with Crippen LogP contribution in [0.4, 0.5) is 14.5 Å². The normalized spacial score (nSPS) is 10.7. The summed E-state index contributed by atoms with van der Waals surface area (Å²) in [4.78, 5) is 16.1. The van der Waals surface area contributed by atoms with Crippen molar-refractivity contribution in [1.29, 1.82) is 0 Å². The lowest BCUT2D eigenvalue weighted by molar-refractivity contribution is -0.116. The molecule has 0 saturated carbocycles. The van der Waals surface area contributed by atoms with Gasteiger partial charge in [-0.3, -0.25) is 9.78 Å². The first kappa shape index (κ1) is 19.5. The van der Waals surface area contributed by atoms with E-state index in [1.165, 1.54) is 17.7 Å². The molecule has 0 radical (unpaired) electrons. The van der Waals surface area contributed by atoms with E-state index in [0.717, 1.165) is 23.2 Å². The van der Waals surface area contributed by atoms with Gasteiger partial charge in [-0.15, -0.1) is 0 Å². The highest BCUT2D eigenvalue weighted by molar-refractivity contribution is 5.90. The van der Waals surface area contributed by atoms with Gasteiger partial charge in [0.1, 0.15) is 5.75 Å². The van der Waals surface area contributed by atoms with Gasteiger partial charge in [0, 0.05) is 24.5 Å². The van der Waals surface area contributed by atoms with Crippen LogP contribution in [-0.4, -0.2) is 17.5 Å². The Morgan fingerprint density at radius 2 is 1.50 bits per heavy atom. The lowest BCUT2D eigenvalue weighted by Gasteiger charge is -2.08. The molecule has 4 nitrogen and oxygen atoms in total. The standard InChI is InChI=1S/C22H20F2N2O2/c23-22(24)28-20-8-3-16(4-9-20)5-10-21(27)26-19-6-1-17(2-7-19)15-18-11-13-25-14-12-18/h1-4,6-9,11-14,22H,5,10,15H2,(H,26,27). The van der Waals surface area contributed by atoms with Crippen LogP contribution in [0.5, 0.6) is 5.75 Å². The minimum Gasteiger partial charge on any atom is -0.435 e. The Kier molecular flexibility index (Phi) is 6.68. The molecule has 0 saturated heterocycles. The second-order valence-corrected chi connectivity index (χ2v) is 6.30. The number of alkyl halides is 2. The van der Waals surface area contributed by atoms with E-state index in [4.69, 9.17) is 0 Å². The number of ether oxygens (including phenoxy) is 1. The molecule has 0 bridgehead atoms. The van der Waals surface area contributed by atoms with Crippen molar-refractivity contribution in [2.75, 3.05) is 5.32 Å². The average Bonchev–Trinajstić information content (AvgIpc) is 2.69. The number of nitrogens with zero attached hydrogens (tertiary/aromatic N) is 1. The summed E-state index contributed by atoms with van der Waals surface area (Å²) in [6, 6.07) is 18.0. The van der Waals surface area contributed by atoms with E-state index in [1.807, 2.05) is 36.4 Å². The molecule has 0 atom stereocenters. The maximum atomic E-state index is 12.1. The van der Waals surface area contributed by atoms with Crippen LogP contribution in [0.15, 0.2) is 73.1 Å². The number of amides is 1. The van der Waals surface area contributed by atoms with Gasteiger partial charge >= 0.3 is 6.61 Å². The molecule has 3 rings (SSSR count). The Hall–Kier alpha value is -3.28. The van der Waals surface area contributed by atoms with Gasteiger partial charge in [0.15, 0.2) is 0 Å². The zero-order valence-electron chi connectivity index (χ0n) is 15.1. The van der Waals surface area contributed by atoms with Crippen LogP contribution in [0.2, 0.25) is 0 Å². The van der Waals surface area contributed by atoms with Crippen LogP contribution in [0.25, 0.3) is 0 Å². The highest BCUT2D eigenvalue weighted by Crippen LogP contribution is 2.17. The number of hydrogen-bond donors (Lipinski definition) is 1. The molecule has 6 heteroatoms. The highest BCUT2D eigenvalue weighted by atomic mass is 19.3. The summed E-state index contributed by atoms with van der Waals surface area (Å²) in [7, 11) is 0. The Balaban J connectivity index is 1.46. The quantitative estimate of drug-likeness (QED) is 0.606. The van der Waals surface area contributed by atoms with Crippen LogP contribution in [0.3, 0.4) is 0 Å². The topological polar surface area (TPSA) is 51.2 Å². The molecular formula is C22H20F2N2O2. The number of rotatable bonds is 8. The molecule has 0 aliphatic heterocycles. The molecule has 144 valence electrons. The van der Waals surface area contributed by atoms with Crippen molar-refractivity contribution >= 4 is 11.6 Å². The number of carbonyl (C=O) groups is 1. The summed E-state index contributed by atoms with van der Waals surface area (Å²) in [5, 5.41) is 2.87. The van der Waals surface area contributed by atoms with Crippen molar-refractivity contribution in [3.63, 3.8) is 0 Å². The van der Waals surface area contributed by atoms with Crippen molar-refractivity contribution < 1.29 is 18.3 Å². The molecule has 2 aromatic carbocycles. The smallest absolute Gasteiger partial charge is 0.387 e. The van der Waals surface area contributed by atoms with Crippen LogP contribution in [-0.2, 0) is 17.6 Å². The van der Waals surface area contributed by atoms with Crippen LogP contribution < -0.4 is 10.1 Å². The van der Waals surface area contributed by atoms with E-state index in [2.05, 4.69) is 15.0 Å². The molecule has 3 aromatic rings. The van der Waals surface area contributed by atoms with Gasteiger partial charge in [-0.2, -0.15) is 8.78 Å². The lowest BCUT2D eigenvalue weighted by Crippen LogP contribution is -2.12. The summed E-state index contributed by atoms with van der Waals surface area (Å²) < 4.78 is 28.6. The maximum absolute atomic E-state index is 12.1. The number of pyridine rings is 1. The van der Waals surface area contributed by atoms with Crippen molar-refractivity contribution in [2.24, 2.45) is 0 Å². The van der Waals surface area contributed by atoms with Gasteiger partial charge < -0.3 is 10.1 Å². The Bertz CT molecular complexity index is 883. The van der Waals surface area contributed by atoms with Crippen LogP contribution in [0.1, 0.15) is 23.1 Å². The number of carbonyl (C=O) groups excluding carboxylic acids is 1. The lowest BCUT2D eigenvalue weighted by atomic mass is 10.1. The Morgan fingerprint density at radius 3 is 2.14 bits per heavy atom. The highest BCUT2D eigenvalue weighted by Gasteiger charge is 2.06. The van der Waals surface area contributed by atoms with E-state index in [9.17, 15) is 13.6 Å². The zero-order valence-corrected chi connectivity index (χ0v) is 15.1. The van der Waals surface area contributed by atoms with Gasteiger partial charge in [-0.1, -0.05) is 24.3 Å². The predicted molar refractivity (Wildman–Crippen MR) is 104 cm³/mol. The molecular weight excluding hydrogens is 362 g/mol. The number of hydrogen-bond acceptors (Lipinski definition) is 3. The third kappa shape index (κ3) is 6.16. The second kappa shape index (κ2) is 9.60. The van der Waals surface area contributed by atoms with Gasteiger partial charge in [-0.25, -0.2) is 0 Å². The second-order valence-electron chi connectivity index (χ2n) is 6.30. The molecule has 0 fully saturated rings. The van der Waals surface area contributed by atoms with E-state index < -0.39 is 6.61 Å². The van der Waals surface area contributed by atoms with Crippen LogP contribution in [0, 0.1) is 0 Å².